The Kier molecular flexibility index (Phi) is 7.41. The first-order valence-electron chi connectivity index (χ1n) is 4.95. The van der Waals surface area contributed by atoms with E-state index in [9.17, 15) is 0 Å². The number of hydrogen-bond acceptors (Lipinski definition) is 5. The summed E-state index contributed by atoms with van der Waals surface area (Å²) in [5.41, 5.74) is -0.586. The van der Waals surface area contributed by atoms with Gasteiger partial charge in [-0.1, -0.05) is 0 Å². The Morgan fingerprint density at radius 3 is 2.44 bits per heavy atom. The van der Waals surface area contributed by atoms with E-state index in [1.54, 1.807) is 0 Å². The summed E-state index contributed by atoms with van der Waals surface area (Å²) in [6, 6.07) is 1.98. The van der Waals surface area contributed by atoms with E-state index < -0.39 is 14.1 Å². The van der Waals surface area contributed by atoms with Crippen molar-refractivity contribution in [3.8, 4) is 6.07 Å². The minimum Gasteiger partial charge on any atom is -0.327 e. The SMILES string of the molecule is CC(C)N(OP(O)O)C(C)(CCl)CCC#N. The van der Waals surface area contributed by atoms with Gasteiger partial charge in [-0.3, -0.25) is 0 Å². The van der Waals surface area contributed by atoms with E-state index in [0.717, 1.165) is 0 Å². The van der Waals surface area contributed by atoms with Gasteiger partial charge in [0.25, 0.3) is 0 Å². The summed E-state index contributed by atoms with van der Waals surface area (Å²) in [7, 11) is -2.47. The highest BCUT2D eigenvalue weighted by Crippen LogP contribution is 2.35. The number of halogens is 1. The third-order valence-electron chi connectivity index (χ3n) is 2.23. The van der Waals surface area contributed by atoms with Gasteiger partial charge in [0.05, 0.1) is 11.6 Å². The van der Waals surface area contributed by atoms with Crippen LogP contribution in [0.4, 0.5) is 0 Å². The molecule has 0 saturated heterocycles. The second-order valence-electron chi connectivity index (χ2n) is 4.04. The number of hydroxylamine groups is 2. The third kappa shape index (κ3) is 4.92. The minimum absolute atomic E-state index is 0.0632. The van der Waals surface area contributed by atoms with Crippen LogP contribution in [0.5, 0.6) is 0 Å². The minimum atomic E-state index is -2.47. The van der Waals surface area contributed by atoms with Crippen molar-refractivity contribution in [1.29, 1.82) is 5.26 Å². The van der Waals surface area contributed by atoms with Crippen LogP contribution >= 0.6 is 20.2 Å². The molecule has 0 aromatic rings. The van der Waals surface area contributed by atoms with Gasteiger partial charge >= 0.3 is 8.60 Å². The van der Waals surface area contributed by atoms with Crippen molar-refractivity contribution in [3.63, 3.8) is 0 Å². The average Bonchev–Trinajstić information content (AvgIpc) is 2.22. The zero-order valence-electron chi connectivity index (χ0n) is 9.72. The van der Waals surface area contributed by atoms with Crippen LogP contribution in [-0.4, -0.2) is 32.3 Å². The third-order valence-corrected chi connectivity index (χ3v) is 3.12. The molecule has 0 aliphatic rings. The highest BCUT2D eigenvalue weighted by molar-refractivity contribution is 7.39. The summed E-state index contributed by atoms with van der Waals surface area (Å²) in [5, 5.41) is 10.0. The predicted molar refractivity (Wildman–Crippen MR) is 63.4 cm³/mol. The predicted octanol–water partition coefficient (Wildman–Crippen LogP) is 2.14. The van der Waals surface area contributed by atoms with E-state index in [1.807, 2.05) is 26.8 Å². The van der Waals surface area contributed by atoms with Gasteiger partial charge in [0.1, 0.15) is 0 Å². The molecule has 1 atom stereocenters. The molecule has 5 nitrogen and oxygen atoms in total. The van der Waals surface area contributed by atoms with Crippen LogP contribution in [0.3, 0.4) is 0 Å². The van der Waals surface area contributed by atoms with Crippen molar-refractivity contribution in [1.82, 2.24) is 5.06 Å². The van der Waals surface area contributed by atoms with Crippen molar-refractivity contribution in [2.24, 2.45) is 0 Å². The Bertz CT molecular complexity index is 247. The van der Waals surface area contributed by atoms with E-state index in [0.29, 0.717) is 12.8 Å². The van der Waals surface area contributed by atoms with Gasteiger partial charge < -0.3 is 9.79 Å². The lowest BCUT2D eigenvalue weighted by Gasteiger charge is -2.40. The Morgan fingerprint density at radius 1 is 1.56 bits per heavy atom. The lowest BCUT2D eigenvalue weighted by Crippen LogP contribution is -2.50. The van der Waals surface area contributed by atoms with Gasteiger partial charge in [-0.05, 0) is 27.2 Å². The lowest BCUT2D eigenvalue weighted by molar-refractivity contribution is -0.162. The summed E-state index contributed by atoms with van der Waals surface area (Å²) in [6.45, 7) is 5.54. The normalized spacial score (nSPS) is 15.5. The molecule has 0 bridgehead atoms. The van der Waals surface area contributed by atoms with Gasteiger partial charge in [-0.2, -0.15) is 10.3 Å². The molecule has 0 heterocycles. The highest BCUT2D eigenvalue weighted by Gasteiger charge is 2.35. The molecule has 0 amide bonds. The molecular weight excluding hydrogens is 251 g/mol. The molecule has 2 N–H and O–H groups in total. The van der Waals surface area contributed by atoms with Gasteiger partial charge in [0, 0.05) is 18.3 Å². The number of alkyl halides is 1. The van der Waals surface area contributed by atoms with Crippen molar-refractivity contribution in [2.75, 3.05) is 5.88 Å². The molecule has 0 aromatic heterocycles. The fourth-order valence-electron chi connectivity index (χ4n) is 1.46. The summed E-state index contributed by atoms with van der Waals surface area (Å²) in [4.78, 5) is 17.8. The van der Waals surface area contributed by atoms with Crippen molar-refractivity contribution >= 4 is 20.2 Å². The Balaban J connectivity index is 4.75. The van der Waals surface area contributed by atoms with Crippen LogP contribution in [0.1, 0.15) is 33.6 Å². The average molecular weight is 269 g/mol. The molecule has 0 fully saturated rings. The zero-order chi connectivity index (χ0) is 12.8. The summed E-state index contributed by atoms with van der Waals surface area (Å²) < 4.78 is 4.98. The molecule has 0 aromatic carbocycles. The lowest BCUT2D eigenvalue weighted by atomic mass is 9.97. The van der Waals surface area contributed by atoms with Gasteiger partial charge in [0.15, 0.2) is 0 Å². The number of rotatable bonds is 7. The number of hydrogen-bond donors (Lipinski definition) is 2. The van der Waals surface area contributed by atoms with Crippen molar-refractivity contribution < 1.29 is 14.4 Å². The van der Waals surface area contributed by atoms with Crippen molar-refractivity contribution in [2.45, 2.75) is 45.2 Å². The Labute approximate surface area is 103 Å². The molecule has 0 rings (SSSR count). The summed E-state index contributed by atoms with van der Waals surface area (Å²) in [6.07, 6.45) is 0.846. The smallest absolute Gasteiger partial charge is 0.327 e. The Morgan fingerprint density at radius 2 is 2.12 bits per heavy atom. The molecular formula is C9H18ClN2O3P. The summed E-state index contributed by atoms with van der Waals surface area (Å²) >= 11 is 5.88. The van der Waals surface area contributed by atoms with E-state index in [4.69, 9.17) is 31.3 Å². The van der Waals surface area contributed by atoms with E-state index in [1.165, 1.54) is 5.06 Å². The standard InChI is InChI=1S/C9H18ClN2O3P/c1-8(2)12(15-16(13)14)9(3,7-10)5-4-6-11/h8,13-14H,4-5,7H2,1-3H3. The van der Waals surface area contributed by atoms with Crippen LogP contribution < -0.4 is 0 Å². The first kappa shape index (κ1) is 16.1. The fraction of sp³-hybridized carbons (Fsp3) is 0.889. The quantitative estimate of drug-likeness (QED) is 0.420. The van der Waals surface area contributed by atoms with Crippen molar-refractivity contribution in [3.05, 3.63) is 0 Å². The molecule has 7 heteroatoms. The monoisotopic (exact) mass is 268 g/mol. The van der Waals surface area contributed by atoms with E-state index >= 15 is 0 Å². The van der Waals surface area contributed by atoms with E-state index in [-0.39, 0.29) is 11.9 Å². The fourth-order valence-corrected chi connectivity index (χ4v) is 2.25. The Hall–Kier alpha value is 0.0500. The molecule has 0 aliphatic heterocycles. The molecule has 16 heavy (non-hydrogen) atoms. The zero-order valence-corrected chi connectivity index (χ0v) is 11.4. The molecule has 0 aliphatic carbocycles. The number of nitriles is 1. The molecule has 0 radical (unpaired) electrons. The largest absolute Gasteiger partial charge is 0.345 e. The first-order valence-corrected chi connectivity index (χ1v) is 6.65. The molecule has 0 spiro atoms. The maximum Gasteiger partial charge on any atom is 0.345 e. The topological polar surface area (TPSA) is 76.7 Å². The number of nitrogens with zero attached hydrogens (tertiary/aromatic N) is 2. The van der Waals surface area contributed by atoms with Crippen LogP contribution in [0.25, 0.3) is 0 Å². The molecule has 1 unspecified atom stereocenters. The van der Waals surface area contributed by atoms with Crippen LogP contribution in [0, 0.1) is 11.3 Å². The second-order valence-corrected chi connectivity index (χ2v) is 4.98. The van der Waals surface area contributed by atoms with Crippen LogP contribution in [-0.2, 0) is 4.62 Å². The van der Waals surface area contributed by atoms with E-state index in [2.05, 4.69) is 0 Å². The maximum absolute atomic E-state index is 8.90. The van der Waals surface area contributed by atoms with Gasteiger partial charge in [0.2, 0.25) is 0 Å². The van der Waals surface area contributed by atoms with Gasteiger partial charge in [-0.15, -0.1) is 11.6 Å². The van der Waals surface area contributed by atoms with Crippen LogP contribution in [0.2, 0.25) is 0 Å². The highest BCUT2D eigenvalue weighted by atomic mass is 35.5. The van der Waals surface area contributed by atoms with Crippen LogP contribution in [0.15, 0.2) is 0 Å². The first-order chi connectivity index (χ1) is 7.37. The van der Waals surface area contributed by atoms with Gasteiger partial charge in [-0.25, -0.2) is 4.62 Å². The summed E-state index contributed by atoms with van der Waals surface area (Å²) in [5.74, 6) is 0.246. The molecule has 94 valence electrons. The maximum atomic E-state index is 8.90. The molecule has 0 saturated carbocycles. The second kappa shape index (κ2) is 7.39.